The SMILES string of the molecule is CC1(C)C(N)C(C)(C)C1NC(=O)CC1CC1. The van der Waals surface area contributed by atoms with Crippen LogP contribution in [0.3, 0.4) is 0 Å². The van der Waals surface area contributed by atoms with Crippen LogP contribution in [0.4, 0.5) is 0 Å². The van der Waals surface area contributed by atoms with Crippen molar-refractivity contribution in [2.45, 2.75) is 59.0 Å². The highest BCUT2D eigenvalue weighted by molar-refractivity contribution is 5.77. The van der Waals surface area contributed by atoms with Gasteiger partial charge >= 0.3 is 0 Å². The summed E-state index contributed by atoms with van der Waals surface area (Å²) in [5.41, 5.74) is 6.20. The summed E-state index contributed by atoms with van der Waals surface area (Å²) < 4.78 is 0. The van der Waals surface area contributed by atoms with E-state index < -0.39 is 0 Å². The van der Waals surface area contributed by atoms with E-state index in [1.54, 1.807) is 0 Å². The molecule has 92 valence electrons. The number of nitrogens with two attached hydrogens (primary N) is 1. The normalized spacial score (nSPS) is 35.3. The predicted molar refractivity (Wildman–Crippen MR) is 64.8 cm³/mol. The number of hydrogen-bond donors (Lipinski definition) is 2. The first-order valence-corrected chi connectivity index (χ1v) is 6.31. The molecule has 0 bridgehead atoms. The zero-order valence-electron chi connectivity index (χ0n) is 10.8. The van der Waals surface area contributed by atoms with Crippen LogP contribution in [0.5, 0.6) is 0 Å². The summed E-state index contributed by atoms with van der Waals surface area (Å²) >= 11 is 0. The van der Waals surface area contributed by atoms with Gasteiger partial charge in [0.1, 0.15) is 0 Å². The molecule has 0 aromatic heterocycles. The van der Waals surface area contributed by atoms with Gasteiger partial charge in [0, 0.05) is 29.3 Å². The number of amides is 1. The molecule has 2 saturated carbocycles. The van der Waals surface area contributed by atoms with Crippen LogP contribution < -0.4 is 11.1 Å². The van der Waals surface area contributed by atoms with Crippen molar-refractivity contribution >= 4 is 5.91 Å². The molecule has 16 heavy (non-hydrogen) atoms. The van der Waals surface area contributed by atoms with Crippen molar-refractivity contribution in [3.05, 3.63) is 0 Å². The monoisotopic (exact) mass is 224 g/mol. The number of rotatable bonds is 3. The fraction of sp³-hybridized carbons (Fsp3) is 0.923. The first-order valence-electron chi connectivity index (χ1n) is 6.31. The first kappa shape index (κ1) is 11.9. The molecule has 0 saturated heterocycles. The lowest BCUT2D eigenvalue weighted by Gasteiger charge is -2.62. The van der Waals surface area contributed by atoms with Crippen LogP contribution in [-0.2, 0) is 4.79 Å². The molecule has 0 spiro atoms. The van der Waals surface area contributed by atoms with E-state index in [0.717, 1.165) is 0 Å². The number of carbonyl (C=O) groups is 1. The molecule has 2 fully saturated rings. The van der Waals surface area contributed by atoms with Crippen molar-refractivity contribution < 1.29 is 4.79 Å². The van der Waals surface area contributed by atoms with Gasteiger partial charge in [0.15, 0.2) is 0 Å². The Balaban J connectivity index is 1.95. The Kier molecular flexibility index (Phi) is 2.57. The maximum absolute atomic E-state index is 11.8. The van der Waals surface area contributed by atoms with E-state index in [4.69, 9.17) is 5.73 Å². The molecule has 0 atom stereocenters. The van der Waals surface area contributed by atoms with Crippen molar-refractivity contribution in [3.63, 3.8) is 0 Å². The zero-order chi connectivity index (χ0) is 12.1. The van der Waals surface area contributed by atoms with Gasteiger partial charge in [-0.1, -0.05) is 27.7 Å². The molecule has 1 amide bonds. The van der Waals surface area contributed by atoms with Crippen LogP contribution in [0.25, 0.3) is 0 Å². The molecule has 2 aliphatic rings. The molecule has 0 aromatic rings. The largest absolute Gasteiger partial charge is 0.352 e. The van der Waals surface area contributed by atoms with Crippen molar-refractivity contribution in [1.29, 1.82) is 0 Å². The van der Waals surface area contributed by atoms with Gasteiger partial charge in [0.05, 0.1) is 0 Å². The fourth-order valence-electron chi connectivity index (χ4n) is 3.36. The molecule has 0 aromatic carbocycles. The summed E-state index contributed by atoms with van der Waals surface area (Å²) in [5.74, 6) is 0.862. The maximum Gasteiger partial charge on any atom is 0.220 e. The quantitative estimate of drug-likeness (QED) is 0.766. The molecule has 3 N–H and O–H groups in total. The minimum atomic E-state index is 0.0166. The van der Waals surface area contributed by atoms with Gasteiger partial charge < -0.3 is 11.1 Å². The average molecular weight is 224 g/mol. The van der Waals surface area contributed by atoms with Crippen LogP contribution in [0.15, 0.2) is 0 Å². The predicted octanol–water partition coefficient (Wildman–Crippen LogP) is 1.66. The highest BCUT2D eigenvalue weighted by Crippen LogP contribution is 2.52. The Morgan fingerprint density at radius 1 is 1.25 bits per heavy atom. The van der Waals surface area contributed by atoms with E-state index in [1.807, 2.05) is 0 Å². The summed E-state index contributed by atoms with van der Waals surface area (Å²) in [6.07, 6.45) is 3.16. The van der Waals surface area contributed by atoms with E-state index in [2.05, 4.69) is 33.0 Å². The van der Waals surface area contributed by atoms with Crippen LogP contribution in [0.1, 0.15) is 47.0 Å². The van der Waals surface area contributed by atoms with Crippen LogP contribution in [-0.4, -0.2) is 18.0 Å². The lowest BCUT2D eigenvalue weighted by molar-refractivity contribution is -0.132. The van der Waals surface area contributed by atoms with Crippen molar-refractivity contribution in [3.8, 4) is 0 Å². The summed E-state index contributed by atoms with van der Waals surface area (Å²) in [7, 11) is 0. The smallest absolute Gasteiger partial charge is 0.220 e. The minimum absolute atomic E-state index is 0.0166. The third-order valence-corrected chi connectivity index (χ3v) is 4.57. The van der Waals surface area contributed by atoms with Crippen LogP contribution in [0, 0.1) is 16.7 Å². The lowest BCUT2D eigenvalue weighted by atomic mass is 9.48. The molecule has 3 heteroatoms. The van der Waals surface area contributed by atoms with Crippen molar-refractivity contribution in [1.82, 2.24) is 5.32 Å². The summed E-state index contributed by atoms with van der Waals surface area (Å²) in [6.45, 7) is 8.58. The topological polar surface area (TPSA) is 55.1 Å². The molecule has 0 radical (unpaired) electrons. The van der Waals surface area contributed by atoms with Gasteiger partial charge in [0.2, 0.25) is 5.91 Å². The summed E-state index contributed by atoms with van der Waals surface area (Å²) in [5, 5.41) is 3.18. The molecule has 0 aliphatic heterocycles. The first-order chi connectivity index (χ1) is 7.26. The van der Waals surface area contributed by atoms with Crippen molar-refractivity contribution in [2.75, 3.05) is 0 Å². The van der Waals surface area contributed by atoms with E-state index in [-0.39, 0.29) is 28.8 Å². The standard InChI is InChI=1S/C13H24N2O/c1-12(2)10(14)13(3,4)11(12)15-9(16)7-8-5-6-8/h8,10-11H,5-7,14H2,1-4H3,(H,15,16). The Labute approximate surface area is 98.2 Å². The molecule has 2 aliphatic carbocycles. The molecule has 0 unspecified atom stereocenters. The third kappa shape index (κ3) is 1.75. The lowest BCUT2D eigenvalue weighted by Crippen LogP contribution is -2.76. The molecular weight excluding hydrogens is 200 g/mol. The molecule has 0 heterocycles. The van der Waals surface area contributed by atoms with E-state index >= 15 is 0 Å². The Morgan fingerprint density at radius 2 is 1.75 bits per heavy atom. The van der Waals surface area contributed by atoms with Gasteiger partial charge in [-0.05, 0) is 18.8 Å². The minimum Gasteiger partial charge on any atom is -0.352 e. The highest BCUT2D eigenvalue weighted by Gasteiger charge is 2.60. The van der Waals surface area contributed by atoms with Gasteiger partial charge in [-0.2, -0.15) is 0 Å². The van der Waals surface area contributed by atoms with Crippen molar-refractivity contribution in [2.24, 2.45) is 22.5 Å². The van der Waals surface area contributed by atoms with Gasteiger partial charge in [0.25, 0.3) is 0 Å². The number of carbonyl (C=O) groups excluding carboxylic acids is 1. The Morgan fingerprint density at radius 3 is 2.19 bits per heavy atom. The molecular formula is C13H24N2O. The van der Waals surface area contributed by atoms with Crippen LogP contribution >= 0.6 is 0 Å². The second-order valence-corrected chi connectivity index (χ2v) is 6.77. The summed E-state index contributed by atoms with van der Waals surface area (Å²) in [6, 6.07) is 0.368. The number of hydrogen-bond acceptors (Lipinski definition) is 2. The fourth-order valence-corrected chi connectivity index (χ4v) is 3.36. The van der Waals surface area contributed by atoms with E-state index in [0.29, 0.717) is 12.3 Å². The van der Waals surface area contributed by atoms with Gasteiger partial charge in [-0.15, -0.1) is 0 Å². The maximum atomic E-state index is 11.8. The van der Waals surface area contributed by atoms with E-state index in [9.17, 15) is 4.79 Å². The summed E-state index contributed by atoms with van der Waals surface area (Å²) in [4.78, 5) is 11.8. The second kappa shape index (κ2) is 3.46. The van der Waals surface area contributed by atoms with Gasteiger partial charge in [-0.3, -0.25) is 4.79 Å². The van der Waals surface area contributed by atoms with Crippen LogP contribution in [0.2, 0.25) is 0 Å². The van der Waals surface area contributed by atoms with Gasteiger partial charge in [-0.25, -0.2) is 0 Å². The second-order valence-electron chi connectivity index (χ2n) is 6.77. The molecule has 2 rings (SSSR count). The Bertz CT molecular complexity index is 289. The average Bonchev–Trinajstić information content (AvgIpc) is 2.96. The highest BCUT2D eigenvalue weighted by atomic mass is 16.1. The number of nitrogens with one attached hydrogen (secondary N) is 1. The Hall–Kier alpha value is -0.570. The molecule has 3 nitrogen and oxygen atoms in total. The zero-order valence-corrected chi connectivity index (χ0v) is 10.8. The third-order valence-electron chi connectivity index (χ3n) is 4.57. The van der Waals surface area contributed by atoms with E-state index in [1.165, 1.54) is 12.8 Å².